The number of unbranched alkanes of at least 4 members (excludes halogenated alkanes) is 1. The third-order valence-electron chi connectivity index (χ3n) is 3.09. The van der Waals surface area contributed by atoms with Crippen LogP contribution < -0.4 is 5.32 Å². The summed E-state index contributed by atoms with van der Waals surface area (Å²) < 4.78 is 0.887. The van der Waals surface area contributed by atoms with Crippen molar-refractivity contribution in [1.29, 1.82) is 0 Å². The molecule has 0 aliphatic heterocycles. The van der Waals surface area contributed by atoms with Crippen LogP contribution in [0.1, 0.15) is 23.3 Å². The Balaban J connectivity index is 1.48. The van der Waals surface area contributed by atoms with Crippen LogP contribution in [-0.4, -0.2) is 13.1 Å². The lowest BCUT2D eigenvalue weighted by Gasteiger charge is -2.04. The normalized spacial score (nSPS) is 10.8. The average Bonchev–Trinajstić information content (AvgIpc) is 2.85. The SMILES string of the molecule is Clc1ccc(CCNCCCCc2ccccc2)s1. The molecule has 102 valence electrons. The van der Waals surface area contributed by atoms with Crippen molar-refractivity contribution in [2.24, 2.45) is 0 Å². The third kappa shape index (κ3) is 5.77. The van der Waals surface area contributed by atoms with Gasteiger partial charge in [-0.15, -0.1) is 11.3 Å². The quantitative estimate of drug-likeness (QED) is 0.704. The molecule has 0 fully saturated rings. The number of halogens is 1. The minimum atomic E-state index is 0.887. The van der Waals surface area contributed by atoms with Gasteiger partial charge in [0.05, 0.1) is 4.34 Å². The summed E-state index contributed by atoms with van der Waals surface area (Å²) >= 11 is 7.58. The van der Waals surface area contributed by atoms with Crippen LogP contribution in [-0.2, 0) is 12.8 Å². The number of rotatable bonds is 8. The summed E-state index contributed by atoms with van der Waals surface area (Å²) in [6.07, 6.45) is 4.75. The molecule has 1 aromatic carbocycles. The molecule has 19 heavy (non-hydrogen) atoms. The summed E-state index contributed by atoms with van der Waals surface area (Å²) in [6.45, 7) is 2.15. The molecule has 0 radical (unpaired) electrons. The Bertz CT molecular complexity index is 467. The molecule has 0 amide bonds. The van der Waals surface area contributed by atoms with Gasteiger partial charge in [-0.05, 0) is 56.5 Å². The largest absolute Gasteiger partial charge is 0.316 e. The summed E-state index contributed by atoms with van der Waals surface area (Å²) in [5.74, 6) is 0. The number of hydrogen-bond acceptors (Lipinski definition) is 2. The Hall–Kier alpha value is -0.830. The van der Waals surface area contributed by atoms with Gasteiger partial charge in [-0.3, -0.25) is 0 Å². The maximum absolute atomic E-state index is 5.90. The van der Waals surface area contributed by atoms with E-state index in [2.05, 4.69) is 41.7 Å². The topological polar surface area (TPSA) is 12.0 Å². The van der Waals surface area contributed by atoms with Crippen molar-refractivity contribution < 1.29 is 0 Å². The number of hydrogen-bond donors (Lipinski definition) is 1. The zero-order valence-corrected chi connectivity index (χ0v) is 12.6. The van der Waals surface area contributed by atoms with E-state index in [1.807, 2.05) is 6.07 Å². The Morgan fingerprint density at radius 1 is 0.895 bits per heavy atom. The maximum atomic E-state index is 5.90. The Morgan fingerprint density at radius 2 is 1.74 bits per heavy atom. The predicted octanol–water partition coefficient (Wildman–Crippen LogP) is 4.56. The van der Waals surface area contributed by atoms with Crippen molar-refractivity contribution in [3.63, 3.8) is 0 Å². The summed E-state index contributed by atoms with van der Waals surface area (Å²) in [5.41, 5.74) is 1.44. The van der Waals surface area contributed by atoms with Crippen LogP contribution >= 0.6 is 22.9 Å². The van der Waals surface area contributed by atoms with Gasteiger partial charge in [-0.25, -0.2) is 0 Å². The van der Waals surface area contributed by atoms with E-state index in [9.17, 15) is 0 Å². The summed E-state index contributed by atoms with van der Waals surface area (Å²) in [4.78, 5) is 1.36. The molecule has 0 saturated carbocycles. The molecule has 1 nitrogen and oxygen atoms in total. The second-order valence-corrected chi connectivity index (χ2v) is 6.45. The van der Waals surface area contributed by atoms with Crippen molar-refractivity contribution >= 4 is 22.9 Å². The average molecular weight is 294 g/mol. The zero-order valence-electron chi connectivity index (χ0n) is 11.1. The summed E-state index contributed by atoms with van der Waals surface area (Å²) in [6, 6.07) is 14.8. The molecule has 1 N–H and O–H groups in total. The lowest BCUT2D eigenvalue weighted by molar-refractivity contribution is 0.624. The fraction of sp³-hybridized carbons (Fsp3) is 0.375. The summed E-state index contributed by atoms with van der Waals surface area (Å²) in [5, 5.41) is 3.49. The van der Waals surface area contributed by atoms with Crippen LogP contribution in [0.3, 0.4) is 0 Å². The minimum Gasteiger partial charge on any atom is -0.316 e. The first-order chi connectivity index (χ1) is 9.34. The van der Waals surface area contributed by atoms with Crippen molar-refractivity contribution in [2.45, 2.75) is 25.7 Å². The lowest BCUT2D eigenvalue weighted by Crippen LogP contribution is -2.18. The third-order valence-corrected chi connectivity index (χ3v) is 4.38. The number of thiophene rings is 1. The van der Waals surface area contributed by atoms with Crippen molar-refractivity contribution in [1.82, 2.24) is 5.32 Å². The van der Waals surface area contributed by atoms with E-state index >= 15 is 0 Å². The minimum absolute atomic E-state index is 0.887. The molecular formula is C16H20ClNS. The first kappa shape index (κ1) is 14.6. The van der Waals surface area contributed by atoms with Gasteiger partial charge in [0.2, 0.25) is 0 Å². The molecule has 2 rings (SSSR count). The van der Waals surface area contributed by atoms with Gasteiger partial charge < -0.3 is 5.32 Å². The van der Waals surface area contributed by atoms with Crippen LogP contribution in [0.4, 0.5) is 0 Å². The van der Waals surface area contributed by atoms with Crippen LogP contribution in [0.2, 0.25) is 4.34 Å². The first-order valence-corrected chi connectivity index (χ1v) is 8.03. The second-order valence-electron chi connectivity index (χ2n) is 4.65. The fourth-order valence-electron chi connectivity index (χ4n) is 2.05. The van der Waals surface area contributed by atoms with E-state index in [4.69, 9.17) is 11.6 Å². The molecule has 0 unspecified atom stereocenters. The van der Waals surface area contributed by atoms with Gasteiger partial charge in [-0.1, -0.05) is 41.9 Å². The van der Waals surface area contributed by atoms with Gasteiger partial charge in [0.15, 0.2) is 0 Å². The molecular weight excluding hydrogens is 274 g/mol. The van der Waals surface area contributed by atoms with Crippen LogP contribution in [0, 0.1) is 0 Å². The van der Waals surface area contributed by atoms with Crippen LogP contribution in [0.5, 0.6) is 0 Å². The van der Waals surface area contributed by atoms with E-state index < -0.39 is 0 Å². The molecule has 0 aliphatic carbocycles. The van der Waals surface area contributed by atoms with E-state index in [-0.39, 0.29) is 0 Å². The monoisotopic (exact) mass is 293 g/mol. The number of nitrogens with one attached hydrogen (secondary N) is 1. The Kier molecular flexibility index (Phi) is 6.42. The molecule has 0 aliphatic rings. The van der Waals surface area contributed by atoms with E-state index in [0.29, 0.717) is 0 Å². The van der Waals surface area contributed by atoms with Gasteiger partial charge >= 0.3 is 0 Å². The highest BCUT2D eigenvalue weighted by Crippen LogP contribution is 2.21. The molecule has 0 atom stereocenters. The van der Waals surface area contributed by atoms with Gasteiger partial charge in [0.1, 0.15) is 0 Å². The highest BCUT2D eigenvalue weighted by molar-refractivity contribution is 7.16. The molecule has 1 heterocycles. The predicted molar refractivity (Wildman–Crippen MR) is 85.3 cm³/mol. The van der Waals surface area contributed by atoms with Crippen LogP contribution in [0.25, 0.3) is 0 Å². The fourth-order valence-corrected chi connectivity index (χ4v) is 3.13. The Labute approximate surface area is 124 Å². The molecule has 0 bridgehead atoms. The van der Waals surface area contributed by atoms with Crippen molar-refractivity contribution in [3.05, 3.63) is 57.2 Å². The van der Waals surface area contributed by atoms with Gasteiger partial charge in [0, 0.05) is 4.88 Å². The maximum Gasteiger partial charge on any atom is 0.0931 e. The standard InChI is InChI=1S/C16H20ClNS/c17-16-10-9-15(19-16)11-13-18-12-5-4-8-14-6-2-1-3-7-14/h1-3,6-7,9-10,18H,4-5,8,11-13H2. The van der Waals surface area contributed by atoms with E-state index in [0.717, 1.165) is 23.8 Å². The first-order valence-electron chi connectivity index (χ1n) is 6.83. The molecule has 3 heteroatoms. The molecule has 1 aromatic heterocycles. The highest BCUT2D eigenvalue weighted by Gasteiger charge is 1.97. The molecule has 0 spiro atoms. The van der Waals surface area contributed by atoms with Crippen LogP contribution in [0.15, 0.2) is 42.5 Å². The van der Waals surface area contributed by atoms with Crippen molar-refractivity contribution in [3.8, 4) is 0 Å². The smallest absolute Gasteiger partial charge is 0.0931 e. The lowest BCUT2D eigenvalue weighted by atomic mass is 10.1. The van der Waals surface area contributed by atoms with Crippen molar-refractivity contribution in [2.75, 3.05) is 13.1 Å². The van der Waals surface area contributed by atoms with E-state index in [1.54, 1.807) is 11.3 Å². The second kappa shape index (κ2) is 8.36. The zero-order chi connectivity index (χ0) is 13.3. The summed E-state index contributed by atoms with van der Waals surface area (Å²) in [7, 11) is 0. The Morgan fingerprint density at radius 3 is 2.47 bits per heavy atom. The number of aryl methyl sites for hydroxylation is 1. The molecule has 2 aromatic rings. The molecule has 0 saturated heterocycles. The van der Waals surface area contributed by atoms with E-state index in [1.165, 1.54) is 29.7 Å². The van der Waals surface area contributed by atoms with Gasteiger partial charge in [0.25, 0.3) is 0 Å². The highest BCUT2D eigenvalue weighted by atomic mass is 35.5. The number of benzene rings is 1. The van der Waals surface area contributed by atoms with Gasteiger partial charge in [-0.2, -0.15) is 0 Å².